The molecule has 0 heterocycles. The van der Waals surface area contributed by atoms with Crippen molar-refractivity contribution in [3.05, 3.63) is 0 Å². The molecule has 0 radical (unpaired) electrons. The third kappa shape index (κ3) is 5.88. The minimum Gasteiger partial charge on any atom is -0.394 e. The van der Waals surface area contributed by atoms with Crippen LogP contribution in [-0.2, 0) is 14.8 Å². The normalized spacial score (nSPS) is 14.2. The van der Waals surface area contributed by atoms with Crippen LogP contribution in [0.25, 0.3) is 0 Å². The minimum atomic E-state index is -3.42. The minimum absolute atomic E-state index is 0.00266. The second-order valence-corrected chi connectivity index (χ2v) is 6.67. The molecule has 0 saturated carbocycles. The Kier molecular flexibility index (Phi) is 7.54. The van der Waals surface area contributed by atoms with Gasteiger partial charge in [-0.2, -0.15) is 0 Å². The molecule has 3 N–H and O–H groups in total. The van der Waals surface area contributed by atoms with E-state index in [-0.39, 0.29) is 12.4 Å². The molecule has 0 aliphatic carbocycles. The van der Waals surface area contributed by atoms with Gasteiger partial charge in [0.05, 0.1) is 23.9 Å². The first-order chi connectivity index (χ1) is 8.75. The Morgan fingerprint density at radius 2 is 1.79 bits per heavy atom. The zero-order valence-electron chi connectivity index (χ0n) is 12.2. The maximum absolute atomic E-state index is 12.0. The van der Waals surface area contributed by atoms with Crippen LogP contribution in [0.3, 0.4) is 0 Å². The second kappa shape index (κ2) is 7.81. The molecule has 7 heteroatoms. The van der Waals surface area contributed by atoms with E-state index in [1.807, 2.05) is 13.8 Å². The van der Waals surface area contributed by atoms with Gasteiger partial charge in [-0.25, -0.2) is 13.1 Å². The molecule has 1 unspecified atom stereocenters. The van der Waals surface area contributed by atoms with Crippen molar-refractivity contribution in [3.8, 4) is 0 Å². The molecule has 1 amide bonds. The van der Waals surface area contributed by atoms with E-state index < -0.39 is 27.5 Å². The Bertz CT molecular complexity index is 369. The lowest BCUT2D eigenvalue weighted by Gasteiger charge is -2.32. The molecule has 0 aromatic carbocycles. The molecular weight excluding hydrogens is 268 g/mol. The van der Waals surface area contributed by atoms with E-state index in [0.717, 1.165) is 0 Å². The number of aliphatic hydroxyl groups excluding tert-OH is 1. The Morgan fingerprint density at radius 1 is 1.26 bits per heavy atom. The molecule has 114 valence electrons. The van der Waals surface area contributed by atoms with Gasteiger partial charge in [0.1, 0.15) is 0 Å². The van der Waals surface area contributed by atoms with Crippen LogP contribution in [0.1, 0.15) is 47.0 Å². The van der Waals surface area contributed by atoms with Crippen molar-refractivity contribution in [2.45, 2.75) is 58.5 Å². The van der Waals surface area contributed by atoms with E-state index in [1.54, 1.807) is 6.92 Å². The zero-order valence-corrected chi connectivity index (χ0v) is 13.0. The van der Waals surface area contributed by atoms with Crippen LogP contribution in [0.5, 0.6) is 0 Å². The average Bonchev–Trinajstić information content (AvgIpc) is 2.35. The number of nitrogens with one attached hydrogen (secondary N) is 2. The highest BCUT2D eigenvalue weighted by atomic mass is 32.2. The monoisotopic (exact) mass is 294 g/mol. The molecule has 0 aromatic rings. The van der Waals surface area contributed by atoms with Gasteiger partial charge in [-0.15, -0.1) is 0 Å². The van der Waals surface area contributed by atoms with E-state index >= 15 is 0 Å². The Morgan fingerprint density at radius 3 is 2.16 bits per heavy atom. The predicted molar refractivity (Wildman–Crippen MR) is 75.2 cm³/mol. The summed E-state index contributed by atoms with van der Waals surface area (Å²) in [6.07, 6.45) is 1.66. The summed E-state index contributed by atoms with van der Waals surface area (Å²) in [5, 5.41) is 12.1. The first-order valence-electron chi connectivity index (χ1n) is 6.68. The molecule has 19 heavy (non-hydrogen) atoms. The molecule has 0 rings (SSSR count). The number of sulfonamides is 1. The summed E-state index contributed by atoms with van der Waals surface area (Å²) in [5.74, 6) is -0.422. The van der Waals surface area contributed by atoms with Gasteiger partial charge in [-0.05, 0) is 26.2 Å². The molecule has 0 aromatic heterocycles. The zero-order chi connectivity index (χ0) is 15.1. The van der Waals surface area contributed by atoms with E-state index in [0.29, 0.717) is 19.3 Å². The quantitative estimate of drug-likeness (QED) is 0.572. The molecule has 0 spiro atoms. The lowest BCUT2D eigenvalue weighted by atomic mass is 9.93. The van der Waals surface area contributed by atoms with E-state index in [4.69, 9.17) is 0 Å². The maximum atomic E-state index is 12.0. The van der Waals surface area contributed by atoms with Crippen LogP contribution in [0.4, 0.5) is 0 Å². The first-order valence-corrected chi connectivity index (χ1v) is 8.34. The topological polar surface area (TPSA) is 95.5 Å². The molecule has 0 aliphatic heterocycles. The standard InChI is InChI=1S/C12H26N2O4S/c1-5-8-19(17,18)14-10(4)11(16)13-12(6-2,7-3)9-15/h10,14-15H,5-9H2,1-4H3,(H,13,16). The molecule has 0 fully saturated rings. The number of amides is 1. The molecule has 0 aliphatic rings. The third-order valence-corrected chi connectivity index (χ3v) is 4.93. The van der Waals surface area contributed by atoms with Gasteiger partial charge < -0.3 is 10.4 Å². The van der Waals surface area contributed by atoms with Crippen molar-refractivity contribution in [1.29, 1.82) is 0 Å². The van der Waals surface area contributed by atoms with Gasteiger partial charge in [0.2, 0.25) is 15.9 Å². The number of rotatable bonds is 9. The van der Waals surface area contributed by atoms with Crippen molar-refractivity contribution >= 4 is 15.9 Å². The van der Waals surface area contributed by atoms with Crippen LogP contribution >= 0.6 is 0 Å². The van der Waals surface area contributed by atoms with Crippen molar-refractivity contribution in [1.82, 2.24) is 10.0 Å². The van der Waals surface area contributed by atoms with Crippen LogP contribution in [0.15, 0.2) is 0 Å². The van der Waals surface area contributed by atoms with Gasteiger partial charge in [-0.1, -0.05) is 20.8 Å². The lowest BCUT2D eigenvalue weighted by molar-refractivity contribution is -0.125. The summed E-state index contributed by atoms with van der Waals surface area (Å²) < 4.78 is 25.5. The van der Waals surface area contributed by atoms with E-state index in [1.165, 1.54) is 6.92 Å². The smallest absolute Gasteiger partial charge is 0.238 e. The number of hydrogen-bond acceptors (Lipinski definition) is 4. The highest BCUT2D eigenvalue weighted by Crippen LogP contribution is 2.14. The van der Waals surface area contributed by atoms with Gasteiger partial charge >= 0.3 is 0 Å². The highest BCUT2D eigenvalue weighted by molar-refractivity contribution is 7.89. The number of hydrogen-bond donors (Lipinski definition) is 3. The summed E-state index contributed by atoms with van der Waals surface area (Å²) in [6, 6.07) is -0.847. The SMILES string of the molecule is CCCS(=O)(=O)NC(C)C(=O)NC(CC)(CC)CO. The summed E-state index contributed by atoms with van der Waals surface area (Å²) in [4.78, 5) is 12.0. The number of carbonyl (C=O) groups excluding carboxylic acids is 1. The second-order valence-electron chi connectivity index (χ2n) is 4.79. The fourth-order valence-corrected chi connectivity index (χ4v) is 3.01. The van der Waals surface area contributed by atoms with Crippen molar-refractivity contribution in [2.24, 2.45) is 0 Å². The first kappa shape index (κ1) is 18.3. The van der Waals surface area contributed by atoms with Crippen molar-refractivity contribution in [2.75, 3.05) is 12.4 Å². The molecular formula is C12H26N2O4S. The van der Waals surface area contributed by atoms with E-state index in [9.17, 15) is 18.3 Å². The third-order valence-electron chi connectivity index (χ3n) is 3.27. The highest BCUT2D eigenvalue weighted by Gasteiger charge is 2.30. The molecule has 6 nitrogen and oxygen atoms in total. The average molecular weight is 294 g/mol. The summed E-state index contributed by atoms with van der Waals surface area (Å²) in [5.41, 5.74) is -0.679. The summed E-state index contributed by atoms with van der Waals surface area (Å²) in [6.45, 7) is 6.82. The Balaban J connectivity index is 4.67. The maximum Gasteiger partial charge on any atom is 0.238 e. The Hall–Kier alpha value is -0.660. The lowest BCUT2D eigenvalue weighted by Crippen LogP contribution is -2.56. The summed E-state index contributed by atoms with van der Waals surface area (Å²) in [7, 11) is -3.42. The van der Waals surface area contributed by atoms with Gasteiger partial charge in [0, 0.05) is 0 Å². The van der Waals surface area contributed by atoms with Gasteiger partial charge in [0.25, 0.3) is 0 Å². The predicted octanol–water partition coefficient (Wildman–Crippen LogP) is 0.372. The van der Waals surface area contributed by atoms with E-state index in [2.05, 4.69) is 10.0 Å². The summed E-state index contributed by atoms with van der Waals surface area (Å²) >= 11 is 0. The fourth-order valence-electron chi connectivity index (χ4n) is 1.71. The van der Waals surface area contributed by atoms with Crippen LogP contribution < -0.4 is 10.0 Å². The fraction of sp³-hybridized carbons (Fsp3) is 0.917. The molecule has 1 atom stereocenters. The number of aliphatic hydroxyl groups is 1. The van der Waals surface area contributed by atoms with Crippen LogP contribution in [-0.4, -0.2) is 43.4 Å². The number of carbonyl (C=O) groups is 1. The van der Waals surface area contributed by atoms with Gasteiger partial charge in [-0.3, -0.25) is 4.79 Å². The molecule has 0 saturated heterocycles. The van der Waals surface area contributed by atoms with Crippen LogP contribution in [0.2, 0.25) is 0 Å². The van der Waals surface area contributed by atoms with Crippen molar-refractivity contribution < 1.29 is 18.3 Å². The molecule has 0 bridgehead atoms. The Labute approximate surface area is 116 Å². The van der Waals surface area contributed by atoms with Crippen molar-refractivity contribution in [3.63, 3.8) is 0 Å². The largest absolute Gasteiger partial charge is 0.394 e. The van der Waals surface area contributed by atoms with Crippen LogP contribution in [0, 0.1) is 0 Å². The van der Waals surface area contributed by atoms with Gasteiger partial charge in [0.15, 0.2) is 0 Å².